The highest BCUT2D eigenvalue weighted by Gasteiger charge is 2.43. The van der Waals surface area contributed by atoms with E-state index in [2.05, 4.69) is 40.2 Å². The summed E-state index contributed by atoms with van der Waals surface area (Å²) in [7, 11) is 0. The Hall–Kier alpha value is -1.68. The molecular weight excluding hydrogens is 330 g/mol. The molecular formula is C17H16BrNO2. The summed E-state index contributed by atoms with van der Waals surface area (Å²) in [4.78, 5) is 11.1. The Morgan fingerprint density at radius 2 is 1.81 bits per heavy atom. The van der Waals surface area contributed by atoms with Gasteiger partial charge in [0.15, 0.2) is 0 Å². The van der Waals surface area contributed by atoms with Crippen LogP contribution in [-0.4, -0.2) is 9.75 Å². The van der Waals surface area contributed by atoms with E-state index in [0.29, 0.717) is 18.3 Å². The molecule has 0 aliphatic heterocycles. The molecule has 0 bridgehead atoms. The number of rotatable bonds is 5. The monoisotopic (exact) mass is 345 g/mol. The summed E-state index contributed by atoms with van der Waals surface area (Å²) >= 11 is 3.74. The minimum atomic E-state index is -0.295. The molecule has 0 heterocycles. The minimum Gasteiger partial charge on any atom is -0.258 e. The van der Waals surface area contributed by atoms with Crippen LogP contribution in [0.5, 0.6) is 0 Å². The van der Waals surface area contributed by atoms with Crippen molar-refractivity contribution in [3.05, 3.63) is 75.8 Å². The molecule has 3 unspecified atom stereocenters. The lowest BCUT2D eigenvalue weighted by Gasteiger charge is -2.10. The Kier molecular flexibility index (Phi) is 4.06. The molecule has 3 nitrogen and oxygen atoms in total. The van der Waals surface area contributed by atoms with Crippen molar-refractivity contribution in [1.82, 2.24) is 0 Å². The first-order valence-corrected chi connectivity index (χ1v) is 7.99. The van der Waals surface area contributed by atoms with Gasteiger partial charge in [0.2, 0.25) is 0 Å². The Balaban J connectivity index is 1.69. The lowest BCUT2D eigenvalue weighted by atomic mass is 10.0. The fourth-order valence-corrected chi connectivity index (χ4v) is 3.85. The second-order valence-electron chi connectivity index (χ2n) is 5.52. The Morgan fingerprint density at radius 3 is 2.52 bits per heavy atom. The van der Waals surface area contributed by atoms with E-state index in [1.165, 1.54) is 5.56 Å². The van der Waals surface area contributed by atoms with Gasteiger partial charge in [-0.1, -0.05) is 64.5 Å². The van der Waals surface area contributed by atoms with E-state index in [9.17, 15) is 10.1 Å². The summed E-state index contributed by atoms with van der Waals surface area (Å²) in [5.41, 5.74) is 2.40. The Morgan fingerprint density at radius 1 is 1.14 bits per heavy atom. The molecule has 1 fully saturated rings. The van der Waals surface area contributed by atoms with Crippen molar-refractivity contribution in [2.75, 3.05) is 0 Å². The van der Waals surface area contributed by atoms with Crippen LogP contribution in [-0.2, 0) is 6.42 Å². The summed E-state index contributed by atoms with van der Waals surface area (Å²) in [5, 5.41) is 11.1. The average molecular weight is 346 g/mol. The van der Waals surface area contributed by atoms with E-state index in [-0.39, 0.29) is 15.4 Å². The molecule has 0 amide bonds. The smallest absolute Gasteiger partial charge is 0.258 e. The van der Waals surface area contributed by atoms with Gasteiger partial charge in [-0.05, 0) is 30.2 Å². The first-order valence-electron chi connectivity index (χ1n) is 7.08. The zero-order valence-corrected chi connectivity index (χ0v) is 13.1. The third-order valence-electron chi connectivity index (χ3n) is 4.14. The van der Waals surface area contributed by atoms with Crippen molar-refractivity contribution in [3.8, 4) is 0 Å². The lowest BCUT2D eigenvalue weighted by molar-refractivity contribution is -0.385. The average Bonchev–Trinajstić information content (AvgIpc) is 3.29. The Labute approximate surface area is 132 Å². The number of nitrogens with zero attached hydrogens (tertiary/aromatic N) is 1. The van der Waals surface area contributed by atoms with Crippen molar-refractivity contribution in [2.45, 2.75) is 23.6 Å². The van der Waals surface area contributed by atoms with E-state index in [4.69, 9.17) is 0 Å². The van der Waals surface area contributed by atoms with E-state index in [1.807, 2.05) is 18.2 Å². The van der Waals surface area contributed by atoms with Gasteiger partial charge in [-0.3, -0.25) is 10.1 Å². The maximum Gasteiger partial charge on any atom is 0.272 e. The van der Waals surface area contributed by atoms with E-state index >= 15 is 0 Å². The van der Waals surface area contributed by atoms with Gasteiger partial charge in [0.25, 0.3) is 5.69 Å². The summed E-state index contributed by atoms with van der Waals surface area (Å²) in [6.07, 6.45) is 1.85. The summed E-state index contributed by atoms with van der Waals surface area (Å²) < 4.78 is 0. The van der Waals surface area contributed by atoms with Gasteiger partial charge in [0, 0.05) is 16.5 Å². The molecule has 0 saturated heterocycles. The molecule has 21 heavy (non-hydrogen) atoms. The highest BCUT2D eigenvalue weighted by Crippen LogP contribution is 2.52. The maximum absolute atomic E-state index is 11.1. The first kappa shape index (κ1) is 14.3. The van der Waals surface area contributed by atoms with Crippen LogP contribution in [0.1, 0.15) is 23.5 Å². The van der Waals surface area contributed by atoms with Crippen LogP contribution in [0.15, 0.2) is 54.6 Å². The van der Waals surface area contributed by atoms with Crippen LogP contribution in [0, 0.1) is 16.0 Å². The number of nitro groups is 1. The normalized spacial score (nSPS) is 21.8. The Bertz CT molecular complexity index is 644. The zero-order valence-electron chi connectivity index (χ0n) is 11.5. The number of hydrogen-bond acceptors (Lipinski definition) is 2. The molecule has 4 heteroatoms. The second kappa shape index (κ2) is 5.98. The van der Waals surface area contributed by atoms with Crippen LogP contribution in [0.2, 0.25) is 0 Å². The van der Waals surface area contributed by atoms with Crippen molar-refractivity contribution >= 4 is 21.6 Å². The van der Waals surface area contributed by atoms with Crippen LogP contribution < -0.4 is 0 Å². The fraction of sp³-hybridized carbons (Fsp3) is 0.294. The predicted octanol–water partition coefficient (Wildman–Crippen LogP) is 4.70. The molecule has 1 aliphatic carbocycles. The molecule has 2 aromatic rings. The van der Waals surface area contributed by atoms with Gasteiger partial charge in [-0.2, -0.15) is 0 Å². The summed E-state index contributed by atoms with van der Waals surface area (Å²) in [6, 6.07) is 17.5. The third kappa shape index (κ3) is 3.16. The molecule has 3 rings (SSSR count). The molecule has 108 valence electrons. The van der Waals surface area contributed by atoms with Gasteiger partial charge < -0.3 is 0 Å². The van der Waals surface area contributed by atoms with Gasteiger partial charge >= 0.3 is 0 Å². The highest BCUT2D eigenvalue weighted by atomic mass is 79.9. The molecule has 0 aromatic heterocycles. The SMILES string of the molecule is O=[N+]([O-])c1ccccc1CC(Br)C1CC1c1ccccc1. The summed E-state index contributed by atoms with van der Waals surface area (Å²) in [5.74, 6) is 1.14. The highest BCUT2D eigenvalue weighted by molar-refractivity contribution is 9.09. The van der Waals surface area contributed by atoms with Gasteiger partial charge in [-0.15, -0.1) is 0 Å². The largest absolute Gasteiger partial charge is 0.272 e. The number of benzene rings is 2. The number of hydrogen-bond donors (Lipinski definition) is 0. The minimum absolute atomic E-state index is 0.221. The number of para-hydroxylation sites is 1. The van der Waals surface area contributed by atoms with Gasteiger partial charge in [-0.25, -0.2) is 0 Å². The van der Waals surface area contributed by atoms with E-state index in [1.54, 1.807) is 12.1 Å². The quantitative estimate of drug-likeness (QED) is 0.447. The molecule has 1 saturated carbocycles. The standard InChI is InChI=1S/C17H16BrNO2/c18-16(10-13-8-4-5-9-17(13)19(20)21)15-11-14(15)12-6-2-1-3-7-12/h1-9,14-16H,10-11H2. The maximum atomic E-state index is 11.1. The molecule has 2 aromatic carbocycles. The van der Waals surface area contributed by atoms with Gasteiger partial charge in [0.05, 0.1) is 4.92 Å². The van der Waals surface area contributed by atoms with E-state index in [0.717, 1.165) is 12.0 Å². The fourth-order valence-electron chi connectivity index (χ4n) is 2.92. The first-order chi connectivity index (χ1) is 10.2. The van der Waals surface area contributed by atoms with Crippen LogP contribution in [0.3, 0.4) is 0 Å². The van der Waals surface area contributed by atoms with Crippen molar-refractivity contribution < 1.29 is 4.92 Å². The second-order valence-corrected chi connectivity index (χ2v) is 6.70. The van der Waals surface area contributed by atoms with Crippen molar-refractivity contribution in [1.29, 1.82) is 0 Å². The number of nitro benzene ring substituents is 1. The molecule has 3 atom stereocenters. The zero-order chi connectivity index (χ0) is 14.8. The number of alkyl halides is 1. The molecule has 0 N–H and O–H groups in total. The van der Waals surface area contributed by atoms with Crippen molar-refractivity contribution in [2.24, 2.45) is 5.92 Å². The topological polar surface area (TPSA) is 43.1 Å². The van der Waals surface area contributed by atoms with Crippen LogP contribution >= 0.6 is 15.9 Å². The third-order valence-corrected chi connectivity index (χ3v) is 5.14. The van der Waals surface area contributed by atoms with Gasteiger partial charge in [0.1, 0.15) is 0 Å². The van der Waals surface area contributed by atoms with E-state index < -0.39 is 0 Å². The van der Waals surface area contributed by atoms with Crippen molar-refractivity contribution in [3.63, 3.8) is 0 Å². The predicted molar refractivity (Wildman–Crippen MR) is 86.8 cm³/mol. The lowest BCUT2D eigenvalue weighted by Crippen LogP contribution is -2.08. The molecule has 0 spiro atoms. The number of halogens is 1. The van der Waals surface area contributed by atoms with Crippen LogP contribution in [0.25, 0.3) is 0 Å². The molecule has 0 radical (unpaired) electrons. The van der Waals surface area contributed by atoms with Crippen LogP contribution in [0.4, 0.5) is 5.69 Å². The molecule has 1 aliphatic rings. The summed E-state index contributed by atoms with van der Waals surface area (Å²) in [6.45, 7) is 0.